The van der Waals surface area contributed by atoms with E-state index >= 15 is 0 Å². The van der Waals surface area contributed by atoms with E-state index in [-0.39, 0.29) is 12.4 Å². The van der Waals surface area contributed by atoms with Gasteiger partial charge in [-0.2, -0.15) is 4.37 Å². The van der Waals surface area contributed by atoms with Crippen molar-refractivity contribution in [2.45, 2.75) is 12.5 Å². The molecule has 2 saturated heterocycles. The summed E-state index contributed by atoms with van der Waals surface area (Å²) in [6, 6.07) is 6.64. The van der Waals surface area contributed by atoms with E-state index in [4.69, 9.17) is 9.47 Å². The third-order valence-electron chi connectivity index (χ3n) is 5.36. The van der Waals surface area contributed by atoms with Crippen LogP contribution in [0.1, 0.15) is 6.42 Å². The number of hydrogen-bond donors (Lipinski definition) is 0. The number of anilines is 2. The lowest BCUT2D eigenvalue weighted by molar-refractivity contribution is 0.104. The van der Waals surface area contributed by atoms with E-state index in [1.54, 1.807) is 18.2 Å². The van der Waals surface area contributed by atoms with Crippen molar-refractivity contribution in [3.8, 4) is 5.88 Å². The van der Waals surface area contributed by atoms with Crippen molar-refractivity contribution >= 4 is 35.2 Å². The fourth-order valence-corrected chi connectivity index (χ4v) is 4.34. The normalized spacial score (nSPS) is 23.2. The largest absolute Gasteiger partial charge is 0.473 e. The van der Waals surface area contributed by atoms with Crippen molar-refractivity contribution < 1.29 is 18.7 Å². The first-order valence-corrected chi connectivity index (χ1v) is 10.3. The number of fused-ring (bicyclic) bond motifs is 1. The summed E-state index contributed by atoms with van der Waals surface area (Å²) < 4.78 is 29.8. The van der Waals surface area contributed by atoms with Crippen LogP contribution in [-0.2, 0) is 4.74 Å². The van der Waals surface area contributed by atoms with Crippen molar-refractivity contribution in [2.75, 3.05) is 36.0 Å². The molecule has 3 aliphatic heterocycles. The summed E-state index contributed by atoms with van der Waals surface area (Å²) in [6.07, 6.45) is 3.75. The zero-order valence-corrected chi connectivity index (χ0v) is 16.3. The smallest absolute Gasteiger partial charge is 0.414 e. The predicted molar refractivity (Wildman–Crippen MR) is 109 cm³/mol. The molecule has 1 aromatic carbocycles. The van der Waals surface area contributed by atoms with Crippen molar-refractivity contribution in [1.29, 1.82) is 0 Å². The fourth-order valence-electron chi connectivity index (χ4n) is 3.88. The molecule has 5 rings (SSSR count). The molecule has 7 nitrogen and oxygen atoms in total. The lowest BCUT2D eigenvalue weighted by Gasteiger charge is -2.20. The average molecular weight is 414 g/mol. The molecule has 1 unspecified atom stereocenters. The average Bonchev–Trinajstić information content (AvgIpc) is 3.45. The minimum absolute atomic E-state index is 0.207. The molecule has 150 valence electrons. The van der Waals surface area contributed by atoms with Gasteiger partial charge in [0.15, 0.2) is 6.10 Å². The van der Waals surface area contributed by atoms with Crippen LogP contribution in [0.5, 0.6) is 5.88 Å². The second kappa shape index (κ2) is 7.47. The van der Waals surface area contributed by atoms with Crippen LogP contribution in [0.15, 0.2) is 46.4 Å². The monoisotopic (exact) mass is 414 g/mol. The Balaban J connectivity index is 1.26. The number of rotatable bonds is 5. The Kier molecular flexibility index (Phi) is 4.67. The molecule has 1 aromatic heterocycles. The summed E-state index contributed by atoms with van der Waals surface area (Å²) in [5, 5.41) is 1.81. The minimum Gasteiger partial charge on any atom is -0.473 e. The highest BCUT2D eigenvalue weighted by molar-refractivity contribution is 7.03. The van der Waals surface area contributed by atoms with E-state index < -0.39 is 12.2 Å². The SMILES string of the molecule is O=C1O[C@@H](COc2ccsn2)CN1c1ccc(N2CC3=CN=CCC3C2)c(F)c1. The number of ether oxygens (including phenoxy) is 2. The number of amides is 1. The Morgan fingerprint density at radius 3 is 3.03 bits per heavy atom. The molecule has 0 saturated carbocycles. The molecule has 0 bridgehead atoms. The van der Waals surface area contributed by atoms with Gasteiger partial charge in [-0.25, -0.2) is 9.18 Å². The van der Waals surface area contributed by atoms with Gasteiger partial charge in [-0.05, 0) is 41.7 Å². The number of cyclic esters (lactones) is 1. The quantitative estimate of drug-likeness (QED) is 0.749. The summed E-state index contributed by atoms with van der Waals surface area (Å²) in [5.41, 5.74) is 2.26. The maximum Gasteiger partial charge on any atom is 0.414 e. The second-order valence-corrected chi connectivity index (χ2v) is 7.92. The molecule has 0 radical (unpaired) electrons. The number of halogens is 1. The van der Waals surface area contributed by atoms with Gasteiger partial charge in [-0.1, -0.05) is 0 Å². The van der Waals surface area contributed by atoms with E-state index in [1.165, 1.54) is 28.1 Å². The van der Waals surface area contributed by atoms with Gasteiger partial charge in [-0.3, -0.25) is 9.89 Å². The van der Waals surface area contributed by atoms with Crippen LogP contribution >= 0.6 is 11.5 Å². The maximum atomic E-state index is 14.9. The van der Waals surface area contributed by atoms with Gasteiger partial charge in [0.1, 0.15) is 12.4 Å². The number of carbonyl (C=O) groups is 1. The molecule has 0 N–H and O–H groups in total. The first-order chi connectivity index (χ1) is 14.2. The maximum absolute atomic E-state index is 14.9. The third kappa shape index (κ3) is 3.57. The minimum atomic E-state index is -0.501. The molecule has 0 spiro atoms. The molecule has 0 aliphatic carbocycles. The van der Waals surface area contributed by atoms with Crippen LogP contribution in [0, 0.1) is 11.7 Å². The second-order valence-electron chi connectivity index (χ2n) is 7.25. The number of hydrogen-bond acceptors (Lipinski definition) is 7. The lowest BCUT2D eigenvalue weighted by Crippen LogP contribution is -2.27. The molecular formula is C20H19FN4O3S. The number of aliphatic imine (C=N–C) groups is 1. The molecule has 2 fully saturated rings. The Bertz CT molecular complexity index is 978. The number of carbonyl (C=O) groups excluding carboxylic acids is 1. The Morgan fingerprint density at radius 1 is 1.31 bits per heavy atom. The first kappa shape index (κ1) is 18.1. The van der Waals surface area contributed by atoms with E-state index in [1.807, 2.05) is 22.7 Å². The van der Waals surface area contributed by atoms with Crippen molar-refractivity contribution in [1.82, 2.24) is 4.37 Å². The van der Waals surface area contributed by atoms with Crippen LogP contribution in [0.25, 0.3) is 0 Å². The highest BCUT2D eigenvalue weighted by atomic mass is 32.1. The first-order valence-electron chi connectivity index (χ1n) is 9.44. The number of nitrogens with zero attached hydrogens (tertiary/aromatic N) is 4. The van der Waals surface area contributed by atoms with Crippen LogP contribution in [0.3, 0.4) is 0 Å². The molecule has 2 aromatic rings. The third-order valence-corrected chi connectivity index (χ3v) is 5.91. The van der Waals surface area contributed by atoms with E-state index in [9.17, 15) is 9.18 Å². The molecule has 1 amide bonds. The van der Waals surface area contributed by atoms with Crippen molar-refractivity contribution in [2.24, 2.45) is 10.9 Å². The van der Waals surface area contributed by atoms with Gasteiger partial charge in [0, 0.05) is 42.9 Å². The van der Waals surface area contributed by atoms with Gasteiger partial charge < -0.3 is 14.4 Å². The highest BCUT2D eigenvalue weighted by Gasteiger charge is 2.34. The predicted octanol–water partition coefficient (Wildman–Crippen LogP) is 3.48. The summed E-state index contributed by atoms with van der Waals surface area (Å²) in [4.78, 5) is 19.9. The zero-order valence-electron chi connectivity index (χ0n) is 15.5. The summed E-state index contributed by atoms with van der Waals surface area (Å²) >= 11 is 1.29. The van der Waals surface area contributed by atoms with E-state index in [0.717, 1.165) is 13.0 Å². The van der Waals surface area contributed by atoms with Gasteiger partial charge in [0.05, 0.1) is 17.9 Å². The van der Waals surface area contributed by atoms with Crippen LogP contribution in [0.4, 0.5) is 20.6 Å². The Morgan fingerprint density at radius 2 is 2.24 bits per heavy atom. The number of benzene rings is 1. The van der Waals surface area contributed by atoms with Gasteiger partial charge in [0.2, 0.25) is 5.88 Å². The topological polar surface area (TPSA) is 67.3 Å². The van der Waals surface area contributed by atoms with Crippen molar-refractivity contribution in [3.63, 3.8) is 0 Å². The van der Waals surface area contributed by atoms with Crippen LogP contribution in [-0.4, -0.2) is 49.0 Å². The number of aromatic nitrogens is 1. The molecule has 3 aliphatic rings. The van der Waals surface area contributed by atoms with Gasteiger partial charge >= 0.3 is 6.09 Å². The van der Waals surface area contributed by atoms with E-state index in [0.29, 0.717) is 36.3 Å². The standard InChI is InChI=1S/C20H19FN4O3S/c21-17-7-15(1-2-18(17)24-9-13-3-5-22-8-14(13)10-24)25-11-16(28-20(25)26)12-27-19-4-6-29-23-19/h1-2,4-8,13,16H,3,9-12H2/t13?,16-/m1/s1. The Hall–Kier alpha value is -2.94. The molecule has 4 heterocycles. The highest BCUT2D eigenvalue weighted by Crippen LogP contribution is 2.34. The van der Waals surface area contributed by atoms with Gasteiger partial charge in [0.25, 0.3) is 0 Å². The summed E-state index contributed by atoms with van der Waals surface area (Å²) in [5.74, 6) is 0.558. The zero-order chi connectivity index (χ0) is 19.8. The fraction of sp³-hybridized carbons (Fsp3) is 0.350. The Labute approximate surface area is 171 Å². The lowest BCUT2D eigenvalue weighted by atomic mass is 9.99. The molecule has 2 atom stereocenters. The summed E-state index contributed by atoms with van der Waals surface area (Å²) in [7, 11) is 0. The van der Waals surface area contributed by atoms with Gasteiger partial charge in [-0.15, -0.1) is 0 Å². The molecular weight excluding hydrogens is 395 g/mol. The summed E-state index contributed by atoms with van der Waals surface area (Å²) in [6.45, 7) is 1.96. The van der Waals surface area contributed by atoms with E-state index in [2.05, 4.69) is 9.37 Å². The molecule has 9 heteroatoms. The van der Waals surface area contributed by atoms with Crippen molar-refractivity contribution in [3.05, 3.63) is 47.2 Å². The molecule has 29 heavy (non-hydrogen) atoms. The van der Waals surface area contributed by atoms with Crippen LogP contribution < -0.4 is 14.5 Å². The van der Waals surface area contributed by atoms with Crippen LogP contribution in [0.2, 0.25) is 0 Å².